The van der Waals surface area contributed by atoms with Gasteiger partial charge in [0.25, 0.3) is 10.0 Å². The quantitative estimate of drug-likeness (QED) is 0.713. The van der Waals surface area contributed by atoms with E-state index in [9.17, 15) is 13.2 Å². The highest BCUT2D eigenvalue weighted by molar-refractivity contribution is 7.89. The van der Waals surface area contributed by atoms with E-state index in [1.807, 2.05) is 13.8 Å². The standard InChI is InChI=1S/C14H25N3O5S/c1-13(2,3)22-12(18)17-14(4,5)9-16-8-10-6-7-11(21-10)23(15,19)20/h6-7,16H,8-9H2,1-5H3,(H,17,18)(H2,15,19,20). The fourth-order valence-electron chi connectivity index (χ4n) is 1.73. The van der Waals surface area contributed by atoms with Gasteiger partial charge in [-0.25, -0.2) is 18.4 Å². The molecule has 0 radical (unpaired) electrons. The lowest BCUT2D eigenvalue weighted by Gasteiger charge is -2.28. The Morgan fingerprint density at radius 1 is 1.26 bits per heavy atom. The van der Waals surface area contributed by atoms with Crippen LogP contribution in [-0.2, 0) is 21.3 Å². The average molecular weight is 347 g/mol. The van der Waals surface area contributed by atoms with Crippen LogP contribution in [-0.4, -0.2) is 32.2 Å². The van der Waals surface area contributed by atoms with Crippen LogP contribution in [0.5, 0.6) is 0 Å². The van der Waals surface area contributed by atoms with Crippen molar-refractivity contribution in [1.82, 2.24) is 10.6 Å². The number of hydrogen-bond donors (Lipinski definition) is 3. The molecule has 0 saturated carbocycles. The first kappa shape index (κ1) is 19.5. The van der Waals surface area contributed by atoms with Crippen LogP contribution in [0.4, 0.5) is 4.79 Å². The Morgan fingerprint density at radius 2 is 1.87 bits per heavy atom. The number of primary sulfonamides is 1. The molecule has 0 spiro atoms. The predicted octanol–water partition coefficient (Wildman–Crippen LogP) is 1.32. The van der Waals surface area contributed by atoms with Crippen molar-refractivity contribution in [1.29, 1.82) is 0 Å². The Balaban J connectivity index is 2.47. The van der Waals surface area contributed by atoms with Crippen LogP contribution in [0.1, 0.15) is 40.4 Å². The minimum absolute atomic E-state index is 0.277. The second-order valence-corrected chi connectivity index (χ2v) is 8.37. The van der Waals surface area contributed by atoms with Gasteiger partial charge in [-0.15, -0.1) is 0 Å². The third-order valence-electron chi connectivity index (χ3n) is 2.62. The summed E-state index contributed by atoms with van der Waals surface area (Å²) in [6, 6.07) is 2.83. The molecule has 0 aliphatic heterocycles. The molecule has 0 aliphatic carbocycles. The molecule has 0 fully saturated rings. The van der Waals surface area contributed by atoms with Gasteiger partial charge in [0.15, 0.2) is 0 Å². The number of hydrogen-bond acceptors (Lipinski definition) is 6. The van der Waals surface area contributed by atoms with Crippen molar-refractivity contribution >= 4 is 16.1 Å². The Kier molecular flexibility index (Phi) is 5.84. The molecule has 1 aromatic rings. The lowest BCUT2D eigenvalue weighted by atomic mass is 10.1. The molecule has 0 aromatic carbocycles. The largest absolute Gasteiger partial charge is 0.447 e. The number of ether oxygens (including phenoxy) is 1. The summed E-state index contributed by atoms with van der Waals surface area (Å²) in [7, 11) is -3.84. The Bertz CT molecular complexity index is 644. The molecular formula is C14H25N3O5S. The molecule has 8 nitrogen and oxygen atoms in total. The van der Waals surface area contributed by atoms with E-state index in [-0.39, 0.29) is 5.09 Å². The number of rotatable bonds is 6. The number of nitrogens with one attached hydrogen (secondary N) is 2. The van der Waals surface area contributed by atoms with E-state index in [0.717, 1.165) is 0 Å². The zero-order valence-corrected chi connectivity index (χ0v) is 14.9. The second kappa shape index (κ2) is 6.90. The van der Waals surface area contributed by atoms with E-state index in [2.05, 4.69) is 10.6 Å². The van der Waals surface area contributed by atoms with Crippen LogP contribution in [0.3, 0.4) is 0 Å². The van der Waals surface area contributed by atoms with Gasteiger partial charge in [-0.05, 0) is 46.8 Å². The molecule has 0 bridgehead atoms. The maximum Gasteiger partial charge on any atom is 0.408 e. The van der Waals surface area contributed by atoms with Crippen molar-refractivity contribution in [3.05, 3.63) is 17.9 Å². The van der Waals surface area contributed by atoms with Gasteiger partial charge in [0.1, 0.15) is 11.4 Å². The van der Waals surface area contributed by atoms with Crippen molar-refractivity contribution in [3.8, 4) is 0 Å². The molecule has 0 aliphatic rings. The highest BCUT2D eigenvalue weighted by Gasteiger charge is 2.24. The highest BCUT2D eigenvalue weighted by Crippen LogP contribution is 2.12. The van der Waals surface area contributed by atoms with E-state index < -0.39 is 27.3 Å². The third kappa shape index (κ3) is 7.49. The van der Waals surface area contributed by atoms with Crippen LogP contribution in [0.2, 0.25) is 0 Å². The van der Waals surface area contributed by atoms with Gasteiger partial charge in [0, 0.05) is 6.54 Å². The van der Waals surface area contributed by atoms with Crippen molar-refractivity contribution in [2.45, 2.75) is 57.4 Å². The Morgan fingerprint density at radius 3 is 2.35 bits per heavy atom. The normalized spacial score (nSPS) is 13.0. The van der Waals surface area contributed by atoms with Crippen molar-refractivity contribution in [3.63, 3.8) is 0 Å². The topological polar surface area (TPSA) is 124 Å². The Labute approximate surface area is 136 Å². The lowest BCUT2D eigenvalue weighted by Crippen LogP contribution is -2.51. The molecule has 23 heavy (non-hydrogen) atoms. The van der Waals surface area contributed by atoms with E-state index >= 15 is 0 Å². The second-order valence-electron chi connectivity index (χ2n) is 6.88. The van der Waals surface area contributed by atoms with Crippen LogP contribution >= 0.6 is 0 Å². The molecule has 1 aromatic heterocycles. The third-order valence-corrected chi connectivity index (χ3v) is 3.40. The predicted molar refractivity (Wildman–Crippen MR) is 85.2 cm³/mol. The molecule has 4 N–H and O–H groups in total. The van der Waals surface area contributed by atoms with E-state index in [0.29, 0.717) is 18.8 Å². The first-order valence-corrected chi connectivity index (χ1v) is 8.66. The zero-order valence-electron chi connectivity index (χ0n) is 14.1. The minimum Gasteiger partial charge on any atom is -0.447 e. The maximum absolute atomic E-state index is 11.8. The molecule has 1 rings (SSSR count). The first-order valence-electron chi connectivity index (χ1n) is 7.12. The fraction of sp³-hybridized carbons (Fsp3) is 0.643. The van der Waals surface area contributed by atoms with Gasteiger partial charge >= 0.3 is 6.09 Å². The smallest absolute Gasteiger partial charge is 0.408 e. The van der Waals surface area contributed by atoms with Crippen molar-refractivity contribution in [2.75, 3.05) is 6.54 Å². The maximum atomic E-state index is 11.8. The first-order chi connectivity index (χ1) is 10.3. The molecular weight excluding hydrogens is 322 g/mol. The summed E-state index contributed by atoms with van der Waals surface area (Å²) in [5.74, 6) is 0.432. The SMILES string of the molecule is CC(C)(CNCc1ccc(S(N)(=O)=O)o1)NC(=O)OC(C)(C)C. The molecule has 0 atom stereocenters. The summed E-state index contributed by atoms with van der Waals surface area (Å²) in [6.07, 6.45) is -0.501. The monoisotopic (exact) mass is 347 g/mol. The Hall–Kier alpha value is -1.58. The van der Waals surface area contributed by atoms with E-state index in [1.165, 1.54) is 12.1 Å². The summed E-state index contributed by atoms with van der Waals surface area (Å²) >= 11 is 0. The molecule has 132 valence electrons. The lowest BCUT2D eigenvalue weighted by molar-refractivity contribution is 0.0472. The number of carbonyl (C=O) groups excluding carboxylic acids is 1. The van der Waals surface area contributed by atoms with E-state index in [4.69, 9.17) is 14.3 Å². The average Bonchev–Trinajstić information content (AvgIpc) is 2.72. The number of furan rings is 1. The summed E-state index contributed by atoms with van der Waals surface area (Å²) in [4.78, 5) is 11.8. The minimum atomic E-state index is -3.84. The van der Waals surface area contributed by atoms with Gasteiger partial charge in [-0.1, -0.05) is 0 Å². The number of carbonyl (C=O) groups is 1. The van der Waals surface area contributed by atoms with Crippen LogP contribution in [0, 0.1) is 0 Å². The van der Waals surface area contributed by atoms with E-state index in [1.54, 1.807) is 20.8 Å². The number of sulfonamides is 1. The molecule has 1 heterocycles. The summed E-state index contributed by atoms with van der Waals surface area (Å²) < 4.78 is 32.6. The van der Waals surface area contributed by atoms with Gasteiger partial charge in [0.2, 0.25) is 5.09 Å². The summed E-state index contributed by atoms with van der Waals surface area (Å²) in [5.41, 5.74) is -1.12. The molecule has 0 saturated heterocycles. The van der Waals surface area contributed by atoms with Crippen LogP contribution in [0.25, 0.3) is 0 Å². The fourth-order valence-corrected chi connectivity index (χ4v) is 2.21. The van der Waals surface area contributed by atoms with Gasteiger partial charge < -0.3 is 19.8 Å². The van der Waals surface area contributed by atoms with Gasteiger partial charge in [0.05, 0.1) is 12.1 Å². The molecule has 9 heteroatoms. The summed E-state index contributed by atoms with van der Waals surface area (Å²) in [5, 5.41) is 10.5. The van der Waals surface area contributed by atoms with Crippen molar-refractivity contribution in [2.24, 2.45) is 5.14 Å². The van der Waals surface area contributed by atoms with Crippen molar-refractivity contribution < 1.29 is 22.4 Å². The summed E-state index contributed by atoms with van der Waals surface area (Å²) in [6.45, 7) is 9.77. The van der Waals surface area contributed by atoms with Gasteiger partial charge in [-0.2, -0.15) is 0 Å². The molecule has 0 unspecified atom stereocenters. The molecule has 1 amide bonds. The van der Waals surface area contributed by atoms with Gasteiger partial charge in [-0.3, -0.25) is 0 Å². The number of amides is 1. The zero-order chi connectivity index (χ0) is 17.9. The van der Waals surface area contributed by atoms with Crippen LogP contribution in [0.15, 0.2) is 21.6 Å². The highest BCUT2D eigenvalue weighted by atomic mass is 32.2. The van der Waals surface area contributed by atoms with Crippen LogP contribution < -0.4 is 15.8 Å². The number of nitrogens with two attached hydrogens (primary N) is 1. The number of alkyl carbamates (subject to hydrolysis) is 1.